The van der Waals surface area contributed by atoms with E-state index in [-0.39, 0.29) is 0 Å². The summed E-state index contributed by atoms with van der Waals surface area (Å²) in [5, 5.41) is 9.00. The van der Waals surface area contributed by atoms with Crippen molar-refractivity contribution in [1.82, 2.24) is 4.57 Å². The monoisotopic (exact) mass is 771 g/mol. The molecule has 0 spiro atoms. The largest absolute Gasteiger partial charge is 0.355 e. The Morgan fingerprint density at radius 3 is 2.20 bits per heavy atom. The van der Waals surface area contributed by atoms with Crippen LogP contribution >= 0.6 is 11.3 Å². The zero-order chi connectivity index (χ0) is 39.4. The number of para-hydroxylation sites is 2. The van der Waals surface area contributed by atoms with Gasteiger partial charge in [-0.2, -0.15) is 0 Å². The molecular weight excluding hydrogens is 733 g/mol. The highest BCUT2D eigenvalue weighted by atomic mass is 32.1. The fourth-order valence-corrected chi connectivity index (χ4v) is 10.8. The molecule has 10 aromatic rings. The van der Waals surface area contributed by atoms with Gasteiger partial charge in [-0.15, -0.1) is 11.3 Å². The number of aryl methyl sites for hydroxylation is 1. The smallest absolute Gasteiger partial charge is 0.198 e. The van der Waals surface area contributed by atoms with Crippen LogP contribution in [0.25, 0.3) is 81.2 Å². The van der Waals surface area contributed by atoms with Gasteiger partial charge in [-0.1, -0.05) is 127 Å². The molecule has 1 N–H and O–H groups in total. The molecule has 12 rings (SSSR count). The van der Waals surface area contributed by atoms with Gasteiger partial charge in [-0.3, -0.25) is 0 Å². The number of hydrogen-bond donors (Lipinski definition) is 1. The maximum Gasteiger partial charge on any atom is 0.198 e. The lowest BCUT2D eigenvalue weighted by Crippen LogP contribution is -2.38. The second kappa shape index (κ2) is 13.0. The zero-order valence-corrected chi connectivity index (χ0v) is 33.7. The topological polar surface area (TPSA) is 20.2 Å². The Morgan fingerprint density at radius 1 is 0.593 bits per heavy atom. The van der Waals surface area contributed by atoms with Gasteiger partial charge in [0.2, 0.25) is 0 Å². The first-order chi connectivity index (χ1) is 29.0. The summed E-state index contributed by atoms with van der Waals surface area (Å²) in [7, 11) is 2.99. The molecule has 5 heteroatoms. The van der Waals surface area contributed by atoms with Gasteiger partial charge in [0.15, 0.2) is 7.28 Å². The highest BCUT2D eigenvalue weighted by Crippen LogP contribution is 2.46. The normalized spacial score (nSPS) is 13.2. The van der Waals surface area contributed by atoms with E-state index in [1.165, 1.54) is 103 Å². The molecule has 2 aliphatic rings. The molecule has 278 valence electrons. The first kappa shape index (κ1) is 34.0. The average Bonchev–Trinajstić information content (AvgIpc) is 3.83. The number of benzene rings is 8. The number of fused-ring (bicyclic) bond motifs is 9. The number of aromatic nitrogens is 1. The first-order valence-electron chi connectivity index (χ1n) is 20.3. The number of thiophene rings is 1. The van der Waals surface area contributed by atoms with Crippen LogP contribution in [-0.2, 0) is 0 Å². The Balaban J connectivity index is 1.16. The zero-order valence-electron chi connectivity index (χ0n) is 32.9. The first-order valence-corrected chi connectivity index (χ1v) is 21.1. The minimum Gasteiger partial charge on any atom is -0.355 e. The van der Waals surface area contributed by atoms with E-state index in [4.69, 9.17) is 0 Å². The maximum absolute atomic E-state index is 4.62. The van der Waals surface area contributed by atoms with E-state index in [0.717, 1.165) is 29.9 Å². The number of nitrogens with one attached hydrogen (secondary N) is 1. The van der Waals surface area contributed by atoms with Crippen LogP contribution in [0.1, 0.15) is 16.7 Å². The van der Waals surface area contributed by atoms with Gasteiger partial charge in [0.25, 0.3) is 0 Å². The van der Waals surface area contributed by atoms with E-state index < -0.39 is 0 Å². The summed E-state index contributed by atoms with van der Waals surface area (Å²) in [4.78, 5) is 2.34. The summed E-state index contributed by atoms with van der Waals surface area (Å²) in [6, 6.07) is 60.4. The highest BCUT2D eigenvalue weighted by Gasteiger charge is 2.31. The van der Waals surface area contributed by atoms with Crippen molar-refractivity contribution in [2.24, 2.45) is 0 Å². The predicted octanol–water partition coefficient (Wildman–Crippen LogP) is 12.7. The van der Waals surface area contributed by atoms with Gasteiger partial charge in [0.1, 0.15) is 0 Å². The lowest BCUT2D eigenvalue weighted by molar-refractivity contribution is 1.15. The molecule has 4 heterocycles. The van der Waals surface area contributed by atoms with E-state index in [1.54, 1.807) is 0 Å². The summed E-state index contributed by atoms with van der Waals surface area (Å²) in [5.41, 5.74) is 20.4. The minimum absolute atomic E-state index is 0.796. The van der Waals surface area contributed by atoms with Crippen molar-refractivity contribution in [3.05, 3.63) is 193 Å². The van der Waals surface area contributed by atoms with Crippen LogP contribution in [-0.4, -0.2) is 18.9 Å². The molecule has 0 saturated carbocycles. The third kappa shape index (κ3) is 5.21. The van der Waals surface area contributed by atoms with Crippen LogP contribution in [0, 0.1) is 6.92 Å². The SMILES string of the molecule is C=C1C=C(c2ccccc2)N(C)c2cc3c(cc21)Bc1c(-c2ccccc2Nc2ccc(C)cc2)cc(-c2ccc4sc5ccccc5c4c2)c2c4ccccc4n-3c12. The maximum atomic E-state index is 4.62. The van der Waals surface area contributed by atoms with Gasteiger partial charge < -0.3 is 14.8 Å². The second-order valence-corrected chi connectivity index (χ2v) is 17.1. The van der Waals surface area contributed by atoms with Crippen LogP contribution in [0.4, 0.5) is 17.1 Å². The third-order valence-corrected chi connectivity index (χ3v) is 13.7. The molecule has 0 saturated heterocycles. The van der Waals surface area contributed by atoms with Crippen molar-refractivity contribution in [2.45, 2.75) is 6.92 Å². The number of hydrogen-bond acceptors (Lipinski definition) is 3. The Hall–Kier alpha value is -7.08. The van der Waals surface area contributed by atoms with Gasteiger partial charge in [-0.25, -0.2) is 0 Å². The molecule has 0 bridgehead atoms. The number of nitrogens with zero attached hydrogens (tertiary/aromatic N) is 2. The summed E-state index contributed by atoms with van der Waals surface area (Å²) in [5.74, 6) is 0. The highest BCUT2D eigenvalue weighted by molar-refractivity contribution is 7.25. The Bertz CT molecular complexity index is 3420. The van der Waals surface area contributed by atoms with Gasteiger partial charge >= 0.3 is 0 Å². The van der Waals surface area contributed by atoms with Crippen molar-refractivity contribution in [2.75, 3.05) is 17.3 Å². The van der Waals surface area contributed by atoms with Crippen molar-refractivity contribution < 1.29 is 0 Å². The molecule has 8 aromatic carbocycles. The van der Waals surface area contributed by atoms with E-state index in [9.17, 15) is 0 Å². The number of allylic oxidation sites excluding steroid dienone is 2. The molecule has 0 fully saturated rings. The average molecular weight is 772 g/mol. The molecule has 0 amide bonds. The minimum atomic E-state index is 0.796. The van der Waals surface area contributed by atoms with Crippen LogP contribution in [0.5, 0.6) is 0 Å². The predicted molar refractivity (Wildman–Crippen MR) is 257 cm³/mol. The summed E-state index contributed by atoms with van der Waals surface area (Å²) < 4.78 is 5.20. The fraction of sp³-hybridized carbons (Fsp3) is 0.0370. The van der Waals surface area contributed by atoms with Crippen molar-refractivity contribution in [1.29, 1.82) is 0 Å². The molecule has 0 aliphatic carbocycles. The molecule has 3 nitrogen and oxygen atoms in total. The molecule has 0 unspecified atom stereocenters. The van der Waals surface area contributed by atoms with Crippen LogP contribution in [0.2, 0.25) is 0 Å². The third-order valence-electron chi connectivity index (χ3n) is 12.5. The molecular formula is C54H38BN3S. The number of rotatable bonds is 5. The van der Waals surface area contributed by atoms with Crippen molar-refractivity contribution >= 4 is 99.9 Å². The van der Waals surface area contributed by atoms with E-state index in [0.29, 0.717) is 0 Å². The summed E-state index contributed by atoms with van der Waals surface area (Å²) in [6.45, 7) is 6.76. The standard InChI is InChI=1S/C54H38BN3S/c1-32-21-24-36(25-22-32)56-45-18-10-7-15-37(45)43-29-41(35-23-26-51-42(28-35)38-16-9-12-20-50(38)59-51)52-39-17-8-11-19-46(39)58-49-31-48-40(30-44(49)55-53(43)54(52)58)33(2)27-47(57(48)3)34-13-5-4-6-14-34/h4-31,55-56H,2H2,1,3H3. The Labute approximate surface area is 348 Å². The fourth-order valence-electron chi connectivity index (χ4n) is 9.69. The lowest BCUT2D eigenvalue weighted by Gasteiger charge is -2.33. The number of anilines is 3. The Kier molecular flexibility index (Phi) is 7.48. The molecule has 2 aromatic heterocycles. The summed E-state index contributed by atoms with van der Waals surface area (Å²) in [6.07, 6.45) is 2.24. The van der Waals surface area contributed by atoms with Crippen LogP contribution < -0.4 is 21.1 Å². The van der Waals surface area contributed by atoms with Gasteiger partial charge in [-0.05, 0) is 101 Å². The van der Waals surface area contributed by atoms with E-state index in [1.807, 2.05) is 11.3 Å². The van der Waals surface area contributed by atoms with E-state index >= 15 is 0 Å². The molecule has 0 atom stereocenters. The Morgan fingerprint density at radius 2 is 1.34 bits per heavy atom. The second-order valence-electron chi connectivity index (χ2n) is 16.0. The van der Waals surface area contributed by atoms with Gasteiger partial charge in [0, 0.05) is 77.4 Å². The van der Waals surface area contributed by atoms with Gasteiger partial charge in [0.05, 0.1) is 11.2 Å². The van der Waals surface area contributed by atoms with Crippen LogP contribution in [0.15, 0.2) is 176 Å². The molecule has 2 aliphatic heterocycles. The van der Waals surface area contributed by atoms with E-state index in [2.05, 4.69) is 205 Å². The summed E-state index contributed by atoms with van der Waals surface area (Å²) >= 11 is 1.87. The van der Waals surface area contributed by atoms with Crippen LogP contribution in [0.3, 0.4) is 0 Å². The van der Waals surface area contributed by atoms with Crippen molar-refractivity contribution in [3.63, 3.8) is 0 Å². The van der Waals surface area contributed by atoms with Crippen molar-refractivity contribution in [3.8, 4) is 27.9 Å². The lowest BCUT2D eigenvalue weighted by atomic mass is 9.58. The molecule has 0 radical (unpaired) electrons. The quantitative estimate of drug-likeness (QED) is 0.176. The molecule has 59 heavy (non-hydrogen) atoms.